The van der Waals surface area contributed by atoms with Crippen molar-refractivity contribution in [2.75, 3.05) is 27.2 Å². The number of hydrogen-bond acceptors (Lipinski definition) is 4. The lowest BCUT2D eigenvalue weighted by molar-refractivity contribution is -0.143. The molecule has 26 heavy (non-hydrogen) atoms. The van der Waals surface area contributed by atoms with Gasteiger partial charge in [-0.2, -0.15) is 0 Å². The zero-order valence-electron chi connectivity index (χ0n) is 15.2. The highest BCUT2D eigenvalue weighted by molar-refractivity contribution is 7.89. The van der Waals surface area contributed by atoms with Gasteiger partial charge in [0.15, 0.2) is 0 Å². The number of hydrogen-bond donors (Lipinski definition) is 2. The van der Waals surface area contributed by atoms with Crippen molar-refractivity contribution in [1.29, 1.82) is 0 Å². The van der Waals surface area contributed by atoms with Crippen LogP contribution in [0.5, 0.6) is 0 Å². The summed E-state index contributed by atoms with van der Waals surface area (Å²) in [7, 11) is -0.549. The molecule has 0 aliphatic carbocycles. The van der Waals surface area contributed by atoms with Gasteiger partial charge in [-0.15, -0.1) is 0 Å². The van der Waals surface area contributed by atoms with Gasteiger partial charge in [-0.1, -0.05) is 19.1 Å². The number of carboxylic acid groups (broad SMARTS) is 1. The molecule has 2 amide bonds. The van der Waals surface area contributed by atoms with Crippen LogP contribution in [0.2, 0.25) is 0 Å². The third-order valence-corrected chi connectivity index (χ3v) is 6.27. The van der Waals surface area contributed by atoms with E-state index >= 15 is 0 Å². The second kappa shape index (κ2) is 8.05. The lowest BCUT2D eigenvalue weighted by Crippen LogP contribution is -2.49. The van der Waals surface area contributed by atoms with E-state index in [4.69, 9.17) is 0 Å². The van der Waals surface area contributed by atoms with Gasteiger partial charge in [-0.05, 0) is 30.0 Å². The van der Waals surface area contributed by atoms with Gasteiger partial charge in [0.2, 0.25) is 10.0 Å². The van der Waals surface area contributed by atoms with Gasteiger partial charge in [0.25, 0.3) is 0 Å². The molecule has 1 aliphatic rings. The Labute approximate surface area is 153 Å². The van der Waals surface area contributed by atoms with E-state index in [1.807, 2.05) is 6.92 Å². The Bertz CT molecular complexity index is 761. The Balaban J connectivity index is 1.96. The minimum Gasteiger partial charge on any atom is -0.481 e. The van der Waals surface area contributed by atoms with Gasteiger partial charge in [-0.3, -0.25) is 4.79 Å². The zero-order valence-corrected chi connectivity index (χ0v) is 16.0. The van der Waals surface area contributed by atoms with Crippen LogP contribution in [0.3, 0.4) is 0 Å². The van der Waals surface area contributed by atoms with Gasteiger partial charge in [-0.25, -0.2) is 17.5 Å². The minimum absolute atomic E-state index is 0.131. The third-order valence-electron chi connectivity index (χ3n) is 4.44. The van der Waals surface area contributed by atoms with Gasteiger partial charge in [0.1, 0.15) is 0 Å². The molecule has 9 heteroatoms. The van der Waals surface area contributed by atoms with Gasteiger partial charge in [0, 0.05) is 33.7 Å². The van der Waals surface area contributed by atoms with Gasteiger partial charge >= 0.3 is 12.0 Å². The van der Waals surface area contributed by atoms with Crippen LogP contribution in [-0.2, 0) is 21.4 Å². The van der Waals surface area contributed by atoms with Crippen LogP contribution in [-0.4, -0.2) is 61.9 Å². The molecule has 2 atom stereocenters. The Morgan fingerprint density at radius 3 is 2.38 bits per heavy atom. The van der Waals surface area contributed by atoms with Crippen LogP contribution in [0.4, 0.5) is 4.79 Å². The first-order valence-corrected chi connectivity index (χ1v) is 9.82. The number of rotatable bonds is 5. The molecule has 8 nitrogen and oxygen atoms in total. The van der Waals surface area contributed by atoms with Crippen LogP contribution in [0.1, 0.15) is 18.9 Å². The minimum atomic E-state index is -3.48. The van der Waals surface area contributed by atoms with E-state index in [9.17, 15) is 23.1 Å². The molecule has 1 fully saturated rings. The molecule has 0 saturated carbocycles. The van der Waals surface area contributed by atoms with Crippen molar-refractivity contribution in [3.8, 4) is 0 Å². The van der Waals surface area contributed by atoms with E-state index in [1.165, 1.54) is 31.1 Å². The van der Waals surface area contributed by atoms with Crippen molar-refractivity contribution in [2.24, 2.45) is 11.8 Å². The topological polar surface area (TPSA) is 107 Å². The maximum Gasteiger partial charge on any atom is 0.317 e. The van der Waals surface area contributed by atoms with Crippen molar-refractivity contribution >= 4 is 22.0 Å². The maximum atomic E-state index is 12.3. The fourth-order valence-electron chi connectivity index (χ4n) is 2.98. The first-order chi connectivity index (χ1) is 12.1. The smallest absolute Gasteiger partial charge is 0.317 e. The standard InChI is InChI=1S/C17H25N3O5S/c1-12-8-14(16(21)22)11-20(10-12)17(23)18-9-13-4-6-15(7-5-13)26(24,25)19(2)3/h4-7,12,14H,8-11H2,1-3H3,(H,18,23)(H,21,22). The largest absolute Gasteiger partial charge is 0.481 e. The normalized spacial score (nSPS) is 20.8. The molecule has 1 saturated heterocycles. The number of nitrogens with one attached hydrogen (secondary N) is 1. The van der Waals surface area contributed by atoms with Crippen LogP contribution in [0, 0.1) is 11.8 Å². The number of aliphatic carboxylic acids is 1. The second-order valence-corrected chi connectivity index (χ2v) is 9.02. The summed E-state index contributed by atoms with van der Waals surface area (Å²) < 4.78 is 25.2. The summed E-state index contributed by atoms with van der Waals surface area (Å²) in [5, 5.41) is 11.9. The Kier molecular flexibility index (Phi) is 6.25. The molecule has 0 aromatic heterocycles. The molecule has 0 spiro atoms. The first kappa shape index (κ1) is 20.2. The van der Waals surface area contributed by atoms with Crippen LogP contribution in [0.15, 0.2) is 29.2 Å². The predicted molar refractivity (Wildman–Crippen MR) is 96.0 cm³/mol. The lowest BCUT2D eigenvalue weighted by atomic mass is 9.91. The highest BCUT2D eigenvalue weighted by Gasteiger charge is 2.31. The first-order valence-electron chi connectivity index (χ1n) is 8.38. The number of amides is 2. The second-order valence-electron chi connectivity index (χ2n) is 6.87. The number of carboxylic acids is 1. The summed E-state index contributed by atoms with van der Waals surface area (Å²) in [5.74, 6) is -1.29. The summed E-state index contributed by atoms with van der Waals surface area (Å²) >= 11 is 0. The Morgan fingerprint density at radius 2 is 1.85 bits per heavy atom. The molecule has 1 aliphatic heterocycles. The number of piperidine rings is 1. The van der Waals surface area contributed by atoms with E-state index < -0.39 is 21.9 Å². The van der Waals surface area contributed by atoms with E-state index in [0.29, 0.717) is 13.0 Å². The zero-order chi connectivity index (χ0) is 19.5. The average Bonchev–Trinajstić information content (AvgIpc) is 2.59. The highest BCUT2D eigenvalue weighted by atomic mass is 32.2. The molecule has 144 valence electrons. The summed E-state index contributed by atoms with van der Waals surface area (Å²) in [6.07, 6.45) is 0.570. The summed E-state index contributed by atoms with van der Waals surface area (Å²) in [6, 6.07) is 5.98. The lowest BCUT2D eigenvalue weighted by Gasteiger charge is -2.34. The molecule has 1 aromatic carbocycles. The van der Waals surface area contributed by atoms with Crippen molar-refractivity contribution in [3.05, 3.63) is 29.8 Å². The van der Waals surface area contributed by atoms with E-state index in [1.54, 1.807) is 12.1 Å². The number of urea groups is 1. The van der Waals surface area contributed by atoms with Gasteiger partial charge in [0.05, 0.1) is 10.8 Å². The number of likely N-dealkylation sites (tertiary alicyclic amines) is 1. The summed E-state index contributed by atoms with van der Waals surface area (Å²) in [6.45, 7) is 2.89. The molecule has 1 aromatic rings. The molecule has 2 N–H and O–H groups in total. The molecule has 2 unspecified atom stereocenters. The quantitative estimate of drug-likeness (QED) is 0.794. The Hall–Kier alpha value is -2.13. The third kappa shape index (κ3) is 4.73. The van der Waals surface area contributed by atoms with Crippen LogP contribution >= 0.6 is 0 Å². The molecular weight excluding hydrogens is 358 g/mol. The molecule has 0 radical (unpaired) electrons. The fourth-order valence-corrected chi connectivity index (χ4v) is 3.88. The van der Waals surface area contributed by atoms with Crippen molar-refractivity contribution in [2.45, 2.75) is 24.8 Å². The van der Waals surface area contributed by atoms with E-state index in [2.05, 4.69) is 5.32 Å². The number of carbonyl (C=O) groups is 2. The van der Waals surface area contributed by atoms with Crippen LogP contribution < -0.4 is 5.32 Å². The number of benzene rings is 1. The van der Waals surface area contributed by atoms with Crippen molar-refractivity contribution in [1.82, 2.24) is 14.5 Å². The highest BCUT2D eigenvalue weighted by Crippen LogP contribution is 2.22. The maximum absolute atomic E-state index is 12.3. The number of nitrogens with zero attached hydrogens (tertiary/aromatic N) is 2. The molecular formula is C17H25N3O5S. The monoisotopic (exact) mass is 383 g/mol. The SMILES string of the molecule is CC1CC(C(=O)O)CN(C(=O)NCc2ccc(S(=O)(=O)N(C)C)cc2)C1. The summed E-state index contributed by atoms with van der Waals surface area (Å²) in [4.78, 5) is 25.2. The molecule has 0 bridgehead atoms. The number of carbonyl (C=O) groups excluding carboxylic acids is 1. The average molecular weight is 383 g/mol. The summed E-state index contributed by atoms with van der Waals surface area (Å²) in [5.41, 5.74) is 0.760. The van der Waals surface area contributed by atoms with Crippen molar-refractivity contribution < 1.29 is 23.1 Å². The Morgan fingerprint density at radius 1 is 1.23 bits per heavy atom. The van der Waals surface area contributed by atoms with Crippen LogP contribution in [0.25, 0.3) is 0 Å². The van der Waals surface area contributed by atoms with Gasteiger partial charge < -0.3 is 15.3 Å². The predicted octanol–water partition coefficient (Wildman–Crippen LogP) is 1.19. The van der Waals surface area contributed by atoms with E-state index in [-0.39, 0.29) is 29.9 Å². The fraction of sp³-hybridized carbons (Fsp3) is 0.529. The van der Waals surface area contributed by atoms with Crippen molar-refractivity contribution in [3.63, 3.8) is 0 Å². The molecule has 2 rings (SSSR count). The number of sulfonamides is 1. The van der Waals surface area contributed by atoms with E-state index in [0.717, 1.165) is 9.87 Å². The molecule has 1 heterocycles.